The molecule has 0 atom stereocenters. The number of aromatic nitrogens is 2. The van der Waals surface area contributed by atoms with E-state index in [1.54, 1.807) is 6.33 Å². The summed E-state index contributed by atoms with van der Waals surface area (Å²) in [5, 5.41) is 3.26. The molecule has 2 heterocycles. The molecule has 0 unspecified atom stereocenters. The lowest BCUT2D eigenvalue weighted by atomic mass is 9.98. The molecule has 1 aliphatic carbocycles. The Morgan fingerprint density at radius 2 is 2.00 bits per heavy atom. The van der Waals surface area contributed by atoms with E-state index in [0.717, 1.165) is 69.5 Å². The zero-order valence-electron chi connectivity index (χ0n) is 15.5. The third kappa shape index (κ3) is 4.11. The Labute approximate surface area is 150 Å². The Morgan fingerprint density at radius 3 is 2.64 bits per heavy atom. The van der Waals surface area contributed by atoms with Crippen molar-refractivity contribution < 1.29 is 9.53 Å². The first-order chi connectivity index (χ1) is 12.2. The third-order valence-corrected chi connectivity index (χ3v) is 5.47. The quantitative estimate of drug-likeness (QED) is 0.857. The van der Waals surface area contributed by atoms with E-state index >= 15 is 0 Å². The first kappa shape index (κ1) is 18.1. The van der Waals surface area contributed by atoms with Crippen molar-refractivity contribution in [2.24, 2.45) is 0 Å². The van der Waals surface area contributed by atoms with Crippen LogP contribution in [0.1, 0.15) is 58.1 Å². The number of nitrogens with zero attached hydrogens (tertiary/aromatic N) is 3. The molecule has 6 nitrogen and oxygen atoms in total. The molecule has 6 heteroatoms. The molecule has 2 fully saturated rings. The molecule has 1 aromatic rings. The Balaban J connectivity index is 1.54. The molecule has 1 aromatic heterocycles. The van der Waals surface area contributed by atoms with Crippen molar-refractivity contribution in [3.8, 4) is 0 Å². The molecule has 0 bridgehead atoms. The fourth-order valence-electron chi connectivity index (χ4n) is 3.98. The summed E-state index contributed by atoms with van der Waals surface area (Å²) in [5.41, 5.74) is 0.495. The highest BCUT2D eigenvalue weighted by Crippen LogP contribution is 2.34. The maximum atomic E-state index is 12.8. The summed E-state index contributed by atoms with van der Waals surface area (Å²) in [6.45, 7) is 6.49. The van der Waals surface area contributed by atoms with Crippen LogP contribution in [0, 0.1) is 0 Å². The zero-order valence-corrected chi connectivity index (χ0v) is 15.5. The van der Waals surface area contributed by atoms with Gasteiger partial charge in [0, 0.05) is 37.5 Å². The highest BCUT2D eigenvalue weighted by Gasteiger charge is 2.42. The van der Waals surface area contributed by atoms with Crippen LogP contribution in [0.3, 0.4) is 0 Å². The molecule has 1 aliphatic heterocycles. The molecular weight excluding hydrogens is 316 g/mol. The third-order valence-electron chi connectivity index (χ3n) is 5.47. The Morgan fingerprint density at radius 1 is 1.28 bits per heavy atom. The number of carbonyl (C=O) groups is 1. The van der Waals surface area contributed by atoms with Crippen LogP contribution in [0.25, 0.3) is 0 Å². The van der Waals surface area contributed by atoms with E-state index in [0.29, 0.717) is 6.61 Å². The molecule has 2 aliphatic rings. The average Bonchev–Trinajstić information content (AvgIpc) is 3.13. The minimum atomic E-state index is -0.575. The van der Waals surface area contributed by atoms with Gasteiger partial charge >= 0.3 is 0 Å². The minimum Gasteiger partial charge on any atom is -0.365 e. The fourth-order valence-corrected chi connectivity index (χ4v) is 3.98. The van der Waals surface area contributed by atoms with Gasteiger partial charge in [-0.25, -0.2) is 9.97 Å². The summed E-state index contributed by atoms with van der Waals surface area (Å²) in [6.07, 6.45) is 8.32. The van der Waals surface area contributed by atoms with Crippen molar-refractivity contribution in [3.63, 3.8) is 0 Å². The molecule has 1 saturated carbocycles. The molecule has 138 valence electrons. The second kappa shape index (κ2) is 8.13. The zero-order chi connectivity index (χ0) is 17.7. The summed E-state index contributed by atoms with van der Waals surface area (Å²) >= 11 is 0. The lowest BCUT2D eigenvalue weighted by molar-refractivity contribution is -0.146. The van der Waals surface area contributed by atoms with Crippen LogP contribution >= 0.6 is 0 Å². The highest BCUT2D eigenvalue weighted by atomic mass is 16.5. The van der Waals surface area contributed by atoms with Crippen molar-refractivity contribution in [3.05, 3.63) is 18.1 Å². The number of piperidine rings is 1. The molecule has 0 spiro atoms. The van der Waals surface area contributed by atoms with E-state index in [-0.39, 0.29) is 11.9 Å². The number of aryl methyl sites for hydroxylation is 1. The number of anilines is 1. The summed E-state index contributed by atoms with van der Waals surface area (Å²) in [7, 11) is 0. The van der Waals surface area contributed by atoms with Gasteiger partial charge in [0.05, 0.1) is 0 Å². The summed E-state index contributed by atoms with van der Waals surface area (Å²) in [6, 6.07) is 2.30. The van der Waals surface area contributed by atoms with Crippen LogP contribution in [-0.2, 0) is 16.0 Å². The number of hydrogen-bond donors (Lipinski definition) is 1. The number of amides is 1. The monoisotopic (exact) mass is 346 g/mol. The van der Waals surface area contributed by atoms with Gasteiger partial charge in [-0.1, -0.05) is 6.92 Å². The van der Waals surface area contributed by atoms with E-state index in [1.807, 2.05) is 6.92 Å². The first-order valence-corrected chi connectivity index (χ1v) is 9.67. The molecule has 0 radical (unpaired) electrons. The van der Waals surface area contributed by atoms with Crippen LogP contribution in [0.5, 0.6) is 0 Å². The van der Waals surface area contributed by atoms with E-state index in [1.165, 1.54) is 0 Å². The smallest absolute Gasteiger partial charge is 0.252 e. The normalized spacial score (nSPS) is 20.6. The maximum Gasteiger partial charge on any atom is 0.252 e. The number of hydrogen-bond acceptors (Lipinski definition) is 5. The number of nitrogens with one attached hydrogen (secondary N) is 1. The lowest BCUT2D eigenvalue weighted by Gasteiger charge is -2.35. The largest absolute Gasteiger partial charge is 0.365 e. The molecule has 1 amide bonds. The highest BCUT2D eigenvalue weighted by molar-refractivity contribution is 5.85. The maximum absolute atomic E-state index is 12.8. The lowest BCUT2D eigenvalue weighted by Crippen LogP contribution is -2.53. The van der Waals surface area contributed by atoms with Gasteiger partial charge in [0.1, 0.15) is 17.7 Å². The molecule has 0 aromatic carbocycles. The van der Waals surface area contributed by atoms with Crippen molar-refractivity contribution >= 4 is 11.7 Å². The second-order valence-electron chi connectivity index (χ2n) is 7.09. The number of rotatable bonds is 6. The fraction of sp³-hybridized carbons (Fsp3) is 0.737. The van der Waals surface area contributed by atoms with Gasteiger partial charge in [0.15, 0.2) is 0 Å². The van der Waals surface area contributed by atoms with Gasteiger partial charge in [-0.15, -0.1) is 0 Å². The summed E-state index contributed by atoms with van der Waals surface area (Å²) in [4.78, 5) is 23.7. The van der Waals surface area contributed by atoms with Crippen LogP contribution in [0.2, 0.25) is 0 Å². The van der Waals surface area contributed by atoms with Crippen LogP contribution in [-0.4, -0.2) is 47.2 Å². The summed E-state index contributed by atoms with van der Waals surface area (Å²) < 4.78 is 5.87. The van der Waals surface area contributed by atoms with Crippen LogP contribution in [0.4, 0.5) is 5.82 Å². The Bertz CT molecular complexity index is 579. The SMILES string of the molecule is CCOC1(C(=O)NC2CCN(c3cc(CC)ncn3)CC2)CCCC1. The van der Waals surface area contributed by atoms with Gasteiger partial charge in [-0.05, 0) is 51.9 Å². The molecule has 1 N–H and O–H groups in total. The van der Waals surface area contributed by atoms with E-state index in [9.17, 15) is 4.79 Å². The van der Waals surface area contributed by atoms with Gasteiger partial charge in [0.25, 0.3) is 5.91 Å². The topological polar surface area (TPSA) is 67.3 Å². The van der Waals surface area contributed by atoms with E-state index in [2.05, 4.69) is 33.2 Å². The minimum absolute atomic E-state index is 0.0978. The second-order valence-corrected chi connectivity index (χ2v) is 7.09. The van der Waals surface area contributed by atoms with Gasteiger partial charge in [-0.3, -0.25) is 4.79 Å². The molecule has 25 heavy (non-hydrogen) atoms. The predicted molar refractivity (Wildman–Crippen MR) is 97.6 cm³/mol. The van der Waals surface area contributed by atoms with Crippen LogP contribution in [0.15, 0.2) is 12.4 Å². The van der Waals surface area contributed by atoms with E-state index < -0.39 is 5.60 Å². The first-order valence-electron chi connectivity index (χ1n) is 9.67. The van der Waals surface area contributed by atoms with Gasteiger partial charge in [0.2, 0.25) is 0 Å². The van der Waals surface area contributed by atoms with Crippen molar-refractivity contribution in [2.45, 2.75) is 70.4 Å². The van der Waals surface area contributed by atoms with Crippen molar-refractivity contribution in [1.82, 2.24) is 15.3 Å². The summed E-state index contributed by atoms with van der Waals surface area (Å²) in [5.74, 6) is 1.10. The number of ether oxygens (including phenoxy) is 1. The molecular formula is C19H30N4O2. The standard InChI is InChI=1S/C19H30N4O2/c1-3-15-13-17(21-14-20-15)23-11-7-16(8-12-23)22-18(24)19(25-4-2)9-5-6-10-19/h13-14,16H,3-12H2,1-2H3,(H,22,24). The average molecular weight is 346 g/mol. The molecule has 3 rings (SSSR count). The Kier molecular flexibility index (Phi) is 5.89. The predicted octanol–water partition coefficient (Wildman–Crippen LogP) is 2.47. The van der Waals surface area contributed by atoms with Crippen molar-refractivity contribution in [1.29, 1.82) is 0 Å². The Hall–Kier alpha value is -1.69. The van der Waals surface area contributed by atoms with Crippen molar-refractivity contribution in [2.75, 3.05) is 24.6 Å². The van der Waals surface area contributed by atoms with Gasteiger partial charge < -0.3 is 15.0 Å². The van der Waals surface area contributed by atoms with Crippen LogP contribution < -0.4 is 10.2 Å². The van der Waals surface area contributed by atoms with Gasteiger partial charge in [-0.2, -0.15) is 0 Å². The number of carbonyl (C=O) groups excluding carboxylic acids is 1. The van der Waals surface area contributed by atoms with E-state index in [4.69, 9.17) is 4.74 Å². The molecule has 1 saturated heterocycles.